The van der Waals surface area contributed by atoms with E-state index in [1.807, 2.05) is 12.1 Å². The van der Waals surface area contributed by atoms with Crippen molar-refractivity contribution in [2.24, 2.45) is 0 Å². The first kappa shape index (κ1) is 31.4. The summed E-state index contributed by atoms with van der Waals surface area (Å²) in [4.78, 5) is 47.3. The summed E-state index contributed by atoms with van der Waals surface area (Å²) in [5.74, 6) is 1.24. The number of nitrogens with zero attached hydrogens (tertiary/aromatic N) is 2. The molecule has 0 spiro atoms. The van der Waals surface area contributed by atoms with Crippen molar-refractivity contribution < 1.29 is 38.1 Å². The van der Waals surface area contributed by atoms with E-state index in [-0.39, 0.29) is 19.5 Å². The number of nitrogens with one attached hydrogen (secondary N) is 3. The molecule has 2 heterocycles. The smallest absolute Gasteiger partial charge is 0.497 e. The molecule has 0 unspecified atom stereocenters. The van der Waals surface area contributed by atoms with Gasteiger partial charge in [-0.2, -0.15) is 0 Å². The van der Waals surface area contributed by atoms with Crippen LogP contribution in [0.1, 0.15) is 47.1 Å². The molecule has 13 nitrogen and oxygen atoms in total. The van der Waals surface area contributed by atoms with Gasteiger partial charge in [-0.1, -0.05) is 12.1 Å². The normalized spacial score (nSPS) is 18.8. The molecule has 1 aromatic heterocycles. The number of alkyl carbamates (subject to hydrolysis) is 1. The maximum atomic E-state index is 13.3. The molecule has 1 aromatic carbocycles. The highest BCUT2D eigenvalue weighted by Gasteiger charge is 2.50. The van der Waals surface area contributed by atoms with E-state index in [4.69, 9.17) is 23.7 Å². The van der Waals surface area contributed by atoms with Gasteiger partial charge in [0.05, 0.1) is 19.7 Å². The van der Waals surface area contributed by atoms with Crippen LogP contribution in [0.25, 0.3) is 0 Å². The molecule has 41 heavy (non-hydrogen) atoms. The van der Waals surface area contributed by atoms with Crippen LogP contribution in [0.2, 0.25) is 0 Å². The Morgan fingerprint density at radius 2 is 1.68 bits per heavy atom. The zero-order valence-corrected chi connectivity index (χ0v) is 24.7. The Kier molecular flexibility index (Phi) is 10.3. The lowest BCUT2D eigenvalue weighted by molar-refractivity contribution is -0.0517. The van der Waals surface area contributed by atoms with Crippen molar-refractivity contribution in [1.82, 2.24) is 20.2 Å². The van der Waals surface area contributed by atoms with E-state index in [0.717, 1.165) is 5.56 Å². The highest BCUT2D eigenvalue weighted by atomic mass is 16.7. The largest absolute Gasteiger partial charge is 0.509 e. The van der Waals surface area contributed by atoms with Crippen LogP contribution in [0.5, 0.6) is 5.75 Å². The predicted molar refractivity (Wildman–Crippen MR) is 150 cm³/mol. The number of carbonyl (C=O) groups excluding carboxylic acids is 3. The zero-order valence-electron chi connectivity index (χ0n) is 24.7. The molecule has 1 aliphatic heterocycles. The number of benzene rings is 1. The second kappa shape index (κ2) is 13.5. The van der Waals surface area contributed by atoms with E-state index in [0.29, 0.717) is 18.2 Å². The van der Waals surface area contributed by atoms with E-state index in [9.17, 15) is 14.4 Å². The summed E-state index contributed by atoms with van der Waals surface area (Å²) in [6.45, 7) is 10.9. The number of ether oxygens (including phenoxy) is 5. The van der Waals surface area contributed by atoms with Crippen molar-refractivity contribution in [2.45, 2.75) is 77.4 Å². The second-order valence-corrected chi connectivity index (χ2v) is 11.5. The van der Waals surface area contributed by atoms with Crippen molar-refractivity contribution in [3.05, 3.63) is 42.2 Å². The van der Waals surface area contributed by atoms with Crippen molar-refractivity contribution in [1.29, 1.82) is 0 Å². The summed E-state index contributed by atoms with van der Waals surface area (Å²) in [6.07, 6.45) is -0.753. The number of aromatic amines is 1. The maximum Gasteiger partial charge on any atom is 0.509 e. The van der Waals surface area contributed by atoms with Gasteiger partial charge in [0, 0.05) is 25.5 Å². The number of imidazole rings is 1. The third-order valence-corrected chi connectivity index (χ3v) is 5.82. The Balaban J connectivity index is 1.82. The first-order chi connectivity index (χ1) is 19.2. The number of aromatic nitrogens is 2. The van der Waals surface area contributed by atoms with Crippen molar-refractivity contribution in [3.8, 4) is 5.75 Å². The molecule has 0 aliphatic carbocycles. The van der Waals surface area contributed by atoms with E-state index in [1.54, 1.807) is 73.2 Å². The molecule has 3 rings (SSSR count). The van der Waals surface area contributed by atoms with E-state index in [1.165, 1.54) is 4.90 Å². The van der Waals surface area contributed by atoms with E-state index >= 15 is 0 Å². The standard InChI is InChI=1S/C28H41N5O8/c1-27(2,3)40-25(35)33-17-21(38-26(36)41-28(4,5)6)22(20(33)16-18-8-10-19(37-7)11-9-18)39-24(34)32-15-14-31-23-29-12-13-30-23/h8-13,20-22H,14-17H2,1-7H3,(H,32,34)(H2,29,30,31)/t20-,21+,22+/m1/s1. The molecular weight excluding hydrogens is 534 g/mol. The Labute approximate surface area is 240 Å². The van der Waals surface area contributed by atoms with Crippen LogP contribution in [0, 0.1) is 0 Å². The number of carbonyl (C=O) groups is 3. The maximum absolute atomic E-state index is 13.3. The topological polar surface area (TPSA) is 153 Å². The minimum absolute atomic E-state index is 0.0625. The van der Waals surface area contributed by atoms with Crippen LogP contribution in [-0.2, 0) is 25.4 Å². The number of rotatable bonds is 9. The molecule has 0 radical (unpaired) electrons. The molecule has 1 saturated heterocycles. The zero-order chi connectivity index (χ0) is 30.2. The monoisotopic (exact) mass is 575 g/mol. The number of methoxy groups -OCH3 is 1. The van der Waals surface area contributed by atoms with Crippen LogP contribution >= 0.6 is 0 Å². The Morgan fingerprint density at radius 1 is 1.00 bits per heavy atom. The fraction of sp³-hybridized carbons (Fsp3) is 0.571. The fourth-order valence-electron chi connectivity index (χ4n) is 4.15. The summed E-state index contributed by atoms with van der Waals surface area (Å²) in [7, 11) is 1.57. The lowest BCUT2D eigenvalue weighted by Gasteiger charge is -2.30. The van der Waals surface area contributed by atoms with Gasteiger partial charge in [-0.3, -0.25) is 4.90 Å². The van der Waals surface area contributed by atoms with Gasteiger partial charge in [-0.25, -0.2) is 19.4 Å². The van der Waals surface area contributed by atoms with Gasteiger partial charge in [0.1, 0.15) is 17.0 Å². The average molecular weight is 576 g/mol. The first-order valence-corrected chi connectivity index (χ1v) is 13.4. The summed E-state index contributed by atoms with van der Waals surface area (Å²) in [6, 6.07) is 6.59. The van der Waals surface area contributed by atoms with E-state index < -0.39 is 47.8 Å². The van der Waals surface area contributed by atoms with Crippen molar-refractivity contribution in [2.75, 3.05) is 32.1 Å². The van der Waals surface area contributed by atoms with Gasteiger partial charge < -0.3 is 39.3 Å². The van der Waals surface area contributed by atoms with Crippen LogP contribution in [-0.4, -0.2) is 89.4 Å². The molecule has 3 N–H and O–H groups in total. The molecule has 2 amide bonds. The number of anilines is 1. The number of amides is 2. The Hall–Kier alpha value is -4.16. The van der Waals surface area contributed by atoms with Crippen LogP contribution < -0.4 is 15.4 Å². The van der Waals surface area contributed by atoms with Gasteiger partial charge in [0.15, 0.2) is 18.2 Å². The highest BCUT2D eigenvalue weighted by Crippen LogP contribution is 2.30. The van der Waals surface area contributed by atoms with Gasteiger partial charge in [-0.15, -0.1) is 0 Å². The van der Waals surface area contributed by atoms with Crippen LogP contribution in [0.3, 0.4) is 0 Å². The van der Waals surface area contributed by atoms with E-state index in [2.05, 4.69) is 20.6 Å². The summed E-state index contributed by atoms with van der Waals surface area (Å²) >= 11 is 0. The van der Waals surface area contributed by atoms with Gasteiger partial charge in [0.2, 0.25) is 0 Å². The average Bonchev–Trinajstić information content (AvgIpc) is 3.49. The molecule has 0 bridgehead atoms. The number of H-pyrrole nitrogens is 1. The third kappa shape index (κ3) is 10.1. The minimum Gasteiger partial charge on any atom is -0.497 e. The molecule has 1 aliphatic rings. The molecular formula is C28H41N5O8. The molecule has 2 aromatic rings. The predicted octanol–water partition coefficient (Wildman–Crippen LogP) is 4.11. The number of hydrogen-bond donors (Lipinski definition) is 3. The van der Waals surface area contributed by atoms with Crippen molar-refractivity contribution >= 4 is 24.3 Å². The molecule has 0 saturated carbocycles. The first-order valence-electron chi connectivity index (χ1n) is 13.4. The highest BCUT2D eigenvalue weighted by molar-refractivity contribution is 5.71. The molecule has 1 fully saturated rings. The fourth-order valence-corrected chi connectivity index (χ4v) is 4.15. The Morgan fingerprint density at radius 3 is 2.27 bits per heavy atom. The van der Waals surface area contributed by atoms with Gasteiger partial charge >= 0.3 is 18.3 Å². The lowest BCUT2D eigenvalue weighted by atomic mass is 10.0. The summed E-state index contributed by atoms with van der Waals surface area (Å²) < 4.78 is 27.7. The summed E-state index contributed by atoms with van der Waals surface area (Å²) in [5.41, 5.74) is -0.739. The van der Waals surface area contributed by atoms with Crippen LogP contribution in [0.15, 0.2) is 36.7 Å². The van der Waals surface area contributed by atoms with Crippen LogP contribution in [0.4, 0.5) is 20.3 Å². The SMILES string of the molecule is COc1ccc(C[C@@H]2[C@H](OC(=O)NCCNc3ncc[nH]3)[C@@H](OC(=O)OC(C)(C)C)CN2C(=O)OC(C)(C)C)cc1. The number of hydrogen-bond acceptors (Lipinski definition) is 10. The second-order valence-electron chi connectivity index (χ2n) is 11.5. The third-order valence-electron chi connectivity index (χ3n) is 5.82. The molecule has 226 valence electrons. The molecule has 3 atom stereocenters. The lowest BCUT2D eigenvalue weighted by Crippen LogP contribution is -2.46. The Bertz CT molecular complexity index is 1140. The van der Waals surface area contributed by atoms with Gasteiger partial charge in [-0.05, 0) is 65.7 Å². The minimum atomic E-state index is -1.02. The molecule has 13 heteroatoms. The number of likely N-dealkylation sites (tertiary alicyclic amines) is 1. The van der Waals surface area contributed by atoms with Crippen molar-refractivity contribution in [3.63, 3.8) is 0 Å². The summed E-state index contributed by atoms with van der Waals surface area (Å²) in [5, 5.41) is 5.70. The quantitative estimate of drug-likeness (QED) is 0.226. The van der Waals surface area contributed by atoms with Gasteiger partial charge in [0.25, 0.3) is 0 Å².